The fourth-order valence-corrected chi connectivity index (χ4v) is 3.05. The van der Waals surface area contributed by atoms with Gasteiger partial charge in [-0.15, -0.1) is 0 Å². The second kappa shape index (κ2) is 1.76. The van der Waals surface area contributed by atoms with Crippen molar-refractivity contribution < 1.29 is 4.74 Å². The molecule has 3 fully saturated rings. The standard InChI is InChI=1S/C9H14O/c1-2-7-3-6(1)4-8(7)9-5-10-9/h6-9H,1-5H2/t6-,7+,8+,9-/m1/s1. The quantitative estimate of drug-likeness (QED) is 0.503. The van der Waals surface area contributed by atoms with Gasteiger partial charge in [-0.25, -0.2) is 0 Å². The maximum atomic E-state index is 5.35. The number of epoxide rings is 1. The van der Waals surface area contributed by atoms with Crippen LogP contribution in [0.25, 0.3) is 0 Å². The molecule has 0 aromatic rings. The Bertz CT molecular complexity index is 151. The summed E-state index contributed by atoms with van der Waals surface area (Å²) in [5, 5.41) is 0. The summed E-state index contributed by atoms with van der Waals surface area (Å²) in [5.41, 5.74) is 0. The van der Waals surface area contributed by atoms with E-state index in [1.807, 2.05) is 0 Å². The van der Waals surface area contributed by atoms with Crippen molar-refractivity contribution in [1.82, 2.24) is 0 Å². The Hall–Kier alpha value is -0.0400. The molecule has 1 nitrogen and oxygen atoms in total. The highest BCUT2D eigenvalue weighted by Gasteiger charge is 2.47. The lowest BCUT2D eigenvalue weighted by Crippen LogP contribution is -2.15. The van der Waals surface area contributed by atoms with E-state index >= 15 is 0 Å². The number of ether oxygens (including phenoxy) is 1. The van der Waals surface area contributed by atoms with Crippen LogP contribution < -0.4 is 0 Å². The molecule has 0 radical (unpaired) electrons. The monoisotopic (exact) mass is 138 g/mol. The van der Waals surface area contributed by atoms with Crippen LogP contribution in [0.2, 0.25) is 0 Å². The van der Waals surface area contributed by atoms with Crippen molar-refractivity contribution in [2.75, 3.05) is 6.61 Å². The molecule has 56 valence electrons. The summed E-state index contributed by atoms with van der Waals surface area (Å²) in [6, 6.07) is 0. The average molecular weight is 138 g/mol. The molecule has 3 rings (SSSR count). The first-order valence-electron chi connectivity index (χ1n) is 4.55. The highest BCUT2D eigenvalue weighted by atomic mass is 16.6. The predicted molar refractivity (Wildman–Crippen MR) is 38.7 cm³/mol. The number of hydrogen-bond acceptors (Lipinski definition) is 1. The molecular formula is C9H14O. The van der Waals surface area contributed by atoms with Gasteiger partial charge in [-0.05, 0) is 37.0 Å². The number of rotatable bonds is 1. The van der Waals surface area contributed by atoms with Crippen LogP contribution in [0.5, 0.6) is 0 Å². The Morgan fingerprint density at radius 2 is 2.00 bits per heavy atom. The third-order valence-electron chi connectivity index (χ3n) is 3.63. The first-order valence-corrected chi connectivity index (χ1v) is 4.55. The van der Waals surface area contributed by atoms with E-state index < -0.39 is 0 Å². The van der Waals surface area contributed by atoms with Crippen LogP contribution in [0, 0.1) is 17.8 Å². The lowest BCUT2D eigenvalue weighted by Gasteiger charge is -2.18. The van der Waals surface area contributed by atoms with Crippen LogP contribution in [0.15, 0.2) is 0 Å². The largest absolute Gasteiger partial charge is 0.373 e. The minimum atomic E-state index is 0.704. The van der Waals surface area contributed by atoms with Gasteiger partial charge < -0.3 is 4.74 Å². The molecule has 0 N–H and O–H groups in total. The van der Waals surface area contributed by atoms with Crippen LogP contribution in [-0.2, 0) is 4.74 Å². The van der Waals surface area contributed by atoms with Gasteiger partial charge in [-0.1, -0.05) is 6.42 Å². The molecule has 3 aliphatic rings. The summed E-state index contributed by atoms with van der Waals surface area (Å²) in [4.78, 5) is 0. The molecule has 0 spiro atoms. The maximum Gasteiger partial charge on any atom is 0.0840 e. The molecule has 2 saturated carbocycles. The summed E-state index contributed by atoms with van der Waals surface area (Å²) in [6.45, 7) is 1.08. The summed E-state index contributed by atoms with van der Waals surface area (Å²) in [7, 11) is 0. The highest BCUT2D eigenvalue weighted by Crippen LogP contribution is 2.51. The van der Waals surface area contributed by atoms with Gasteiger partial charge in [-0.2, -0.15) is 0 Å². The molecule has 0 unspecified atom stereocenters. The Balaban J connectivity index is 1.77. The Morgan fingerprint density at radius 3 is 2.50 bits per heavy atom. The molecule has 0 aromatic carbocycles. The van der Waals surface area contributed by atoms with E-state index in [2.05, 4.69) is 0 Å². The van der Waals surface area contributed by atoms with Crippen molar-refractivity contribution in [3.05, 3.63) is 0 Å². The van der Waals surface area contributed by atoms with Gasteiger partial charge in [0, 0.05) is 0 Å². The normalized spacial score (nSPS) is 57.6. The van der Waals surface area contributed by atoms with E-state index in [1.54, 1.807) is 0 Å². The molecule has 1 heteroatoms. The Morgan fingerprint density at radius 1 is 1.10 bits per heavy atom. The Kier molecular flexibility index (Phi) is 0.984. The van der Waals surface area contributed by atoms with Crippen LogP contribution in [0.3, 0.4) is 0 Å². The topological polar surface area (TPSA) is 12.5 Å². The van der Waals surface area contributed by atoms with E-state index in [0.717, 1.165) is 24.4 Å². The van der Waals surface area contributed by atoms with Gasteiger partial charge in [0.2, 0.25) is 0 Å². The average Bonchev–Trinajstić information content (AvgIpc) is 2.60. The smallest absolute Gasteiger partial charge is 0.0840 e. The first kappa shape index (κ1) is 5.59. The molecule has 1 saturated heterocycles. The van der Waals surface area contributed by atoms with Crippen LogP contribution >= 0.6 is 0 Å². The van der Waals surface area contributed by atoms with Crippen molar-refractivity contribution >= 4 is 0 Å². The molecule has 1 heterocycles. The summed E-state index contributed by atoms with van der Waals surface area (Å²) in [5.74, 6) is 3.15. The third kappa shape index (κ3) is 0.672. The molecule has 2 bridgehead atoms. The molecule has 2 aliphatic carbocycles. The van der Waals surface area contributed by atoms with E-state index in [-0.39, 0.29) is 0 Å². The second-order valence-electron chi connectivity index (χ2n) is 4.21. The van der Waals surface area contributed by atoms with Gasteiger partial charge >= 0.3 is 0 Å². The third-order valence-corrected chi connectivity index (χ3v) is 3.63. The maximum absolute atomic E-state index is 5.35. The predicted octanol–water partition coefficient (Wildman–Crippen LogP) is 1.82. The van der Waals surface area contributed by atoms with Crippen LogP contribution in [0.1, 0.15) is 25.7 Å². The molecule has 0 aromatic heterocycles. The van der Waals surface area contributed by atoms with Crippen LogP contribution in [0.4, 0.5) is 0 Å². The van der Waals surface area contributed by atoms with E-state index in [0.29, 0.717) is 6.10 Å². The number of fused-ring (bicyclic) bond motifs is 2. The lowest BCUT2D eigenvalue weighted by atomic mass is 9.87. The zero-order chi connectivity index (χ0) is 6.55. The molecule has 0 amide bonds. The zero-order valence-corrected chi connectivity index (χ0v) is 6.25. The Labute approximate surface area is 61.8 Å². The number of hydrogen-bond donors (Lipinski definition) is 0. The van der Waals surface area contributed by atoms with Gasteiger partial charge in [-0.3, -0.25) is 0 Å². The summed E-state index contributed by atoms with van der Waals surface area (Å²) in [6.07, 6.45) is 6.76. The second-order valence-corrected chi connectivity index (χ2v) is 4.21. The lowest BCUT2D eigenvalue weighted by molar-refractivity contribution is 0.249. The molecular weight excluding hydrogens is 124 g/mol. The fraction of sp³-hybridized carbons (Fsp3) is 1.00. The molecule has 10 heavy (non-hydrogen) atoms. The van der Waals surface area contributed by atoms with Gasteiger partial charge in [0.05, 0.1) is 12.7 Å². The van der Waals surface area contributed by atoms with Crippen molar-refractivity contribution in [2.24, 2.45) is 17.8 Å². The summed E-state index contributed by atoms with van der Waals surface area (Å²) >= 11 is 0. The molecule has 4 atom stereocenters. The highest BCUT2D eigenvalue weighted by molar-refractivity contribution is 4.96. The fourth-order valence-electron chi connectivity index (χ4n) is 3.05. The van der Waals surface area contributed by atoms with E-state index in [1.165, 1.54) is 25.7 Å². The zero-order valence-electron chi connectivity index (χ0n) is 6.25. The van der Waals surface area contributed by atoms with Crippen LogP contribution in [-0.4, -0.2) is 12.7 Å². The van der Waals surface area contributed by atoms with E-state index in [9.17, 15) is 0 Å². The SMILES string of the molecule is C1C[C@H]2C[C@@H]1C[C@@H]2[C@H]1CO1. The van der Waals surface area contributed by atoms with Gasteiger partial charge in [0.15, 0.2) is 0 Å². The minimum Gasteiger partial charge on any atom is -0.373 e. The van der Waals surface area contributed by atoms with Gasteiger partial charge in [0.25, 0.3) is 0 Å². The van der Waals surface area contributed by atoms with Crippen molar-refractivity contribution in [3.63, 3.8) is 0 Å². The van der Waals surface area contributed by atoms with Crippen molar-refractivity contribution in [1.29, 1.82) is 0 Å². The molecule has 1 aliphatic heterocycles. The first-order chi connectivity index (χ1) is 4.93. The van der Waals surface area contributed by atoms with Gasteiger partial charge in [0.1, 0.15) is 0 Å². The van der Waals surface area contributed by atoms with Crippen molar-refractivity contribution in [2.45, 2.75) is 31.8 Å². The van der Waals surface area contributed by atoms with Crippen molar-refractivity contribution in [3.8, 4) is 0 Å². The minimum absolute atomic E-state index is 0.704. The summed E-state index contributed by atoms with van der Waals surface area (Å²) < 4.78 is 5.35. The van der Waals surface area contributed by atoms with E-state index in [4.69, 9.17) is 4.74 Å².